The number of carbonyl (C=O) groups is 1. The van der Waals surface area contributed by atoms with Crippen molar-refractivity contribution >= 4 is 15.9 Å². The molecule has 0 saturated heterocycles. The first-order valence-corrected chi connectivity index (χ1v) is 11.2. The Morgan fingerprint density at radius 3 is 2.58 bits per heavy atom. The molecule has 2 heterocycles. The molecule has 4 rings (SSSR count). The van der Waals surface area contributed by atoms with E-state index in [4.69, 9.17) is 13.9 Å². The number of carbonyl (C=O) groups excluding carboxylic acids is 1. The number of fused-ring (bicyclic) bond motifs is 1. The molecule has 2 N–H and O–H groups in total. The van der Waals surface area contributed by atoms with Gasteiger partial charge in [0.2, 0.25) is 22.7 Å². The van der Waals surface area contributed by atoms with Crippen molar-refractivity contribution in [1.29, 1.82) is 0 Å². The molecular weight excluding hydrogens is 420 g/mol. The van der Waals surface area contributed by atoms with Gasteiger partial charge in [-0.2, -0.15) is 4.72 Å². The summed E-state index contributed by atoms with van der Waals surface area (Å²) >= 11 is 0. The Balaban J connectivity index is 1.43. The van der Waals surface area contributed by atoms with Crippen molar-refractivity contribution in [2.24, 2.45) is 0 Å². The van der Waals surface area contributed by atoms with Crippen LogP contribution in [0, 0.1) is 6.92 Å². The maximum Gasteiger partial charge on any atom is 0.241 e. The maximum absolute atomic E-state index is 12.8. The van der Waals surface area contributed by atoms with Gasteiger partial charge in [-0.15, -0.1) is 0 Å². The molecule has 0 aliphatic carbocycles. The summed E-state index contributed by atoms with van der Waals surface area (Å²) in [6.45, 7) is 2.32. The molecule has 0 spiro atoms. The van der Waals surface area contributed by atoms with Crippen LogP contribution in [0.5, 0.6) is 11.5 Å². The predicted octanol–water partition coefficient (Wildman–Crippen LogP) is 3.04. The van der Waals surface area contributed by atoms with Crippen molar-refractivity contribution in [3.63, 3.8) is 0 Å². The molecule has 1 aliphatic heterocycles. The minimum Gasteiger partial charge on any atom is -0.468 e. The third-order valence-electron chi connectivity index (χ3n) is 4.83. The topological polar surface area (TPSA) is 107 Å². The van der Waals surface area contributed by atoms with Crippen LogP contribution in [0.4, 0.5) is 0 Å². The second-order valence-electron chi connectivity index (χ2n) is 7.17. The average Bonchev–Trinajstić information content (AvgIpc) is 3.43. The number of rotatable bonds is 8. The highest BCUT2D eigenvalue weighted by atomic mass is 32.2. The molecule has 1 aromatic heterocycles. The van der Waals surface area contributed by atoms with Gasteiger partial charge in [-0.05, 0) is 48.9 Å². The summed E-state index contributed by atoms with van der Waals surface area (Å²) in [6.07, 6.45) is 1.32. The molecule has 31 heavy (non-hydrogen) atoms. The number of ether oxygens (including phenoxy) is 2. The van der Waals surface area contributed by atoms with Gasteiger partial charge in [0.15, 0.2) is 11.5 Å². The van der Waals surface area contributed by atoms with Crippen LogP contribution in [0.15, 0.2) is 70.2 Å². The van der Waals surface area contributed by atoms with Crippen LogP contribution in [0.1, 0.15) is 29.3 Å². The van der Waals surface area contributed by atoms with Gasteiger partial charge < -0.3 is 19.2 Å². The molecule has 1 aliphatic rings. The molecule has 1 atom stereocenters. The van der Waals surface area contributed by atoms with E-state index >= 15 is 0 Å². The van der Waals surface area contributed by atoms with Gasteiger partial charge in [-0.25, -0.2) is 8.42 Å². The van der Waals surface area contributed by atoms with E-state index < -0.39 is 16.1 Å². The Morgan fingerprint density at radius 1 is 1.06 bits per heavy atom. The van der Waals surface area contributed by atoms with Gasteiger partial charge >= 0.3 is 0 Å². The van der Waals surface area contributed by atoms with E-state index in [2.05, 4.69) is 10.0 Å². The smallest absolute Gasteiger partial charge is 0.241 e. The Bertz CT molecular complexity index is 1160. The van der Waals surface area contributed by atoms with E-state index in [1.807, 2.05) is 13.0 Å². The quantitative estimate of drug-likeness (QED) is 0.555. The van der Waals surface area contributed by atoms with Crippen LogP contribution in [-0.4, -0.2) is 21.1 Å². The van der Waals surface area contributed by atoms with Gasteiger partial charge in [-0.3, -0.25) is 4.79 Å². The van der Waals surface area contributed by atoms with Crippen LogP contribution in [0.25, 0.3) is 0 Å². The lowest BCUT2D eigenvalue weighted by molar-refractivity contribution is -0.121. The highest BCUT2D eigenvalue weighted by molar-refractivity contribution is 7.89. The van der Waals surface area contributed by atoms with E-state index in [0.29, 0.717) is 17.3 Å². The molecular formula is C22H22N2O6S. The molecule has 162 valence electrons. The van der Waals surface area contributed by atoms with Crippen LogP contribution < -0.4 is 19.5 Å². The van der Waals surface area contributed by atoms with E-state index in [0.717, 1.165) is 11.1 Å². The molecule has 3 aromatic rings. The number of furan rings is 1. The molecule has 0 fully saturated rings. The standard InChI is InChI=1S/C22H22N2O6S/c1-15-4-7-17(8-5-15)31(26,27)24-18(19-3-2-10-28-19)12-22(25)23-13-16-6-9-20-21(11-16)30-14-29-20/h2-11,18,24H,12-14H2,1H3,(H,23,25)/t18-/m1/s1. The lowest BCUT2D eigenvalue weighted by Crippen LogP contribution is -2.33. The molecule has 0 radical (unpaired) electrons. The van der Waals surface area contributed by atoms with Crippen LogP contribution >= 0.6 is 0 Å². The Kier molecular flexibility index (Phi) is 5.97. The summed E-state index contributed by atoms with van der Waals surface area (Å²) in [7, 11) is -3.84. The minimum absolute atomic E-state index is 0.121. The first-order valence-electron chi connectivity index (χ1n) is 9.68. The van der Waals surface area contributed by atoms with Crippen LogP contribution in [0.2, 0.25) is 0 Å². The zero-order valence-corrected chi connectivity index (χ0v) is 17.6. The third-order valence-corrected chi connectivity index (χ3v) is 6.32. The third kappa shape index (κ3) is 5.07. The van der Waals surface area contributed by atoms with E-state index in [1.165, 1.54) is 18.4 Å². The molecule has 0 bridgehead atoms. The molecule has 9 heteroatoms. The first-order chi connectivity index (χ1) is 14.9. The van der Waals surface area contributed by atoms with Crippen LogP contribution in [-0.2, 0) is 21.4 Å². The molecule has 8 nitrogen and oxygen atoms in total. The number of hydrogen-bond donors (Lipinski definition) is 2. The van der Waals surface area contributed by atoms with Crippen molar-refractivity contribution in [2.75, 3.05) is 6.79 Å². The van der Waals surface area contributed by atoms with Crippen molar-refractivity contribution in [2.45, 2.75) is 30.8 Å². The van der Waals surface area contributed by atoms with Crippen molar-refractivity contribution in [1.82, 2.24) is 10.0 Å². The van der Waals surface area contributed by atoms with Crippen LogP contribution in [0.3, 0.4) is 0 Å². The van der Waals surface area contributed by atoms with E-state index in [1.54, 1.807) is 36.4 Å². The largest absolute Gasteiger partial charge is 0.468 e. The van der Waals surface area contributed by atoms with Gasteiger partial charge in [-0.1, -0.05) is 23.8 Å². The predicted molar refractivity (Wildman–Crippen MR) is 112 cm³/mol. The Hall–Kier alpha value is -3.30. The monoisotopic (exact) mass is 442 g/mol. The first kappa shape index (κ1) is 21.0. The van der Waals surface area contributed by atoms with Gasteiger partial charge in [0, 0.05) is 6.54 Å². The normalized spacial score (nSPS) is 13.7. The summed E-state index contributed by atoms with van der Waals surface area (Å²) in [5.41, 5.74) is 1.79. The van der Waals surface area contributed by atoms with Crippen molar-refractivity contribution in [3.05, 3.63) is 77.7 Å². The highest BCUT2D eigenvalue weighted by Gasteiger charge is 2.25. The summed E-state index contributed by atoms with van der Waals surface area (Å²) < 4.78 is 44.2. The Morgan fingerprint density at radius 2 is 1.84 bits per heavy atom. The van der Waals surface area contributed by atoms with E-state index in [9.17, 15) is 13.2 Å². The number of benzene rings is 2. The summed E-state index contributed by atoms with van der Waals surface area (Å²) in [5, 5.41) is 2.80. The van der Waals surface area contributed by atoms with Gasteiger partial charge in [0.25, 0.3) is 0 Å². The second kappa shape index (κ2) is 8.83. The SMILES string of the molecule is Cc1ccc(S(=O)(=O)N[C@H](CC(=O)NCc2ccc3c(c2)OCO3)c2ccco2)cc1. The zero-order valence-electron chi connectivity index (χ0n) is 16.8. The number of sulfonamides is 1. The molecule has 2 aromatic carbocycles. The molecule has 1 amide bonds. The average molecular weight is 442 g/mol. The van der Waals surface area contributed by atoms with Crippen molar-refractivity contribution in [3.8, 4) is 11.5 Å². The molecule has 0 unspecified atom stereocenters. The molecule has 0 saturated carbocycles. The summed E-state index contributed by atoms with van der Waals surface area (Å²) in [4.78, 5) is 12.7. The number of amides is 1. The number of hydrogen-bond acceptors (Lipinski definition) is 6. The number of aryl methyl sites for hydroxylation is 1. The van der Waals surface area contributed by atoms with Crippen molar-refractivity contribution < 1.29 is 27.1 Å². The fourth-order valence-electron chi connectivity index (χ4n) is 3.17. The van der Waals surface area contributed by atoms with E-state index in [-0.39, 0.29) is 30.6 Å². The Labute approximate surface area is 180 Å². The summed E-state index contributed by atoms with van der Waals surface area (Å²) in [5.74, 6) is 1.32. The second-order valence-corrected chi connectivity index (χ2v) is 8.88. The van der Waals surface area contributed by atoms with Gasteiger partial charge in [0.05, 0.1) is 23.6 Å². The fraction of sp³-hybridized carbons (Fsp3) is 0.227. The summed E-state index contributed by atoms with van der Waals surface area (Å²) in [6, 6.07) is 14.3. The van der Waals surface area contributed by atoms with Gasteiger partial charge in [0.1, 0.15) is 5.76 Å². The lowest BCUT2D eigenvalue weighted by Gasteiger charge is -2.17. The minimum atomic E-state index is -3.84. The maximum atomic E-state index is 12.8. The highest BCUT2D eigenvalue weighted by Crippen LogP contribution is 2.32. The number of nitrogens with one attached hydrogen (secondary N) is 2. The fourth-order valence-corrected chi connectivity index (χ4v) is 4.38. The zero-order chi connectivity index (χ0) is 21.8. The lowest BCUT2D eigenvalue weighted by atomic mass is 10.1.